The molecular weight excluding hydrogens is 472 g/mol. The maximum atomic E-state index is 13.8. The zero-order valence-corrected chi connectivity index (χ0v) is 20.1. The highest BCUT2D eigenvalue weighted by Crippen LogP contribution is 2.41. The van der Waals surface area contributed by atoms with Crippen LogP contribution in [0.3, 0.4) is 0 Å². The summed E-state index contributed by atoms with van der Waals surface area (Å²) in [6.45, 7) is 2.21. The fourth-order valence-corrected chi connectivity index (χ4v) is 5.74. The number of nitrogens with zero attached hydrogens (tertiary/aromatic N) is 2. The summed E-state index contributed by atoms with van der Waals surface area (Å²) in [6.07, 6.45) is 1.49. The third-order valence-corrected chi connectivity index (χ3v) is 7.70. The first-order valence-corrected chi connectivity index (χ1v) is 12.4. The number of aryl methyl sites for hydroxylation is 1. The van der Waals surface area contributed by atoms with Crippen LogP contribution in [-0.4, -0.2) is 24.5 Å². The first-order chi connectivity index (χ1) is 16.4. The normalized spacial score (nSPS) is 11.7. The number of hydrogen-bond donors (Lipinski definition) is 0. The van der Waals surface area contributed by atoms with Gasteiger partial charge >= 0.3 is 0 Å². The van der Waals surface area contributed by atoms with Gasteiger partial charge in [-0.3, -0.25) is 0 Å². The van der Waals surface area contributed by atoms with E-state index in [1.54, 1.807) is 49.6 Å². The minimum Gasteiger partial charge on any atom is -0.493 e. The van der Waals surface area contributed by atoms with E-state index in [0.29, 0.717) is 39.9 Å². The van der Waals surface area contributed by atoms with Crippen molar-refractivity contribution in [1.29, 1.82) is 0 Å². The molecule has 172 valence electrons. The van der Waals surface area contributed by atoms with Crippen LogP contribution in [0.1, 0.15) is 11.1 Å². The summed E-state index contributed by atoms with van der Waals surface area (Å²) in [6, 6.07) is 21.5. The molecular formula is C26H21ClN2O4S. The van der Waals surface area contributed by atoms with E-state index in [-0.39, 0.29) is 10.0 Å². The summed E-state index contributed by atoms with van der Waals surface area (Å²) in [5.74, 6) is 0.890. The molecule has 0 N–H and O–H groups in total. The Morgan fingerprint density at radius 2 is 1.68 bits per heavy atom. The van der Waals surface area contributed by atoms with Crippen molar-refractivity contribution in [3.05, 3.63) is 95.3 Å². The maximum absolute atomic E-state index is 13.8. The Morgan fingerprint density at radius 1 is 0.941 bits per heavy atom. The van der Waals surface area contributed by atoms with Crippen molar-refractivity contribution >= 4 is 43.4 Å². The summed E-state index contributed by atoms with van der Waals surface area (Å²) < 4.78 is 40.6. The lowest BCUT2D eigenvalue weighted by molar-refractivity contribution is 0.285. The molecule has 0 aliphatic heterocycles. The highest BCUT2D eigenvalue weighted by atomic mass is 35.5. The lowest BCUT2D eigenvalue weighted by Crippen LogP contribution is -2.13. The van der Waals surface area contributed by atoms with Gasteiger partial charge in [-0.05, 0) is 36.8 Å². The molecule has 0 aliphatic carbocycles. The molecule has 2 aromatic heterocycles. The van der Waals surface area contributed by atoms with Gasteiger partial charge in [0.2, 0.25) is 0 Å². The molecule has 6 nitrogen and oxygen atoms in total. The minimum absolute atomic E-state index is 0.174. The SMILES string of the molecule is COc1cc2c3c(Cl)nccc3n(S(=O)(=O)c3ccc(C)cc3)c2cc1OCc1ccccc1. The van der Waals surface area contributed by atoms with Crippen LogP contribution in [0.2, 0.25) is 5.15 Å². The fraction of sp³-hybridized carbons (Fsp3) is 0.115. The quantitative estimate of drug-likeness (QED) is 0.273. The van der Waals surface area contributed by atoms with Gasteiger partial charge in [0.25, 0.3) is 10.0 Å². The summed E-state index contributed by atoms with van der Waals surface area (Å²) in [4.78, 5) is 4.35. The van der Waals surface area contributed by atoms with Crippen molar-refractivity contribution in [3.8, 4) is 11.5 Å². The van der Waals surface area contributed by atoms with E-state index < -0.39 is 10.0 Å². The molecule has 2 heterocycles. The second kappa shape index (κ2) is 8.66. The van der Waals surface area contributed by atoms with Gasteiger partial charge in [0.05, 0.1) is 23.0 Å². The molecule has 0 amide bonds. The predicted molar refractivity (Wildman–Crippen MR) is 133 cm³/mol. The van der Waals surface area contributed by atoms with Crippen LogP contribution >= 0.6 is 11.6 Å². The molecule has 0 atom stereocenters. The van der Waals surface area contributed by atoms with Crippen molar-refractivity contribution in [1.82, 2.24) is 8.96 Å². The van der Waals surface area contributed by atoms with Gasteiger partial charge in [-0.25, -0.2) is 17.4 Å². The minimum atomic E-state index is -3.95. The van der Waals surface area contributed by atoms with E-state index >= 15 is 0 Å². The van der Waals surface area contributed by atoms with Gasteiger partial charge in [0.1, 0.15) is 11.8 Å². The zero-order chi connectivity index (χ0) is 23.9. The second-order valence-corrected chi connectivity index (χ2v) is 10.0. The number of hydrogen-bond acceptors (Lipinski definition) is 5. The molecule has 0 spiro atoms. The maximum Gasteiger partial charge on any atom is 0.268 e. The third kappa shape index (κ3) is 3.77. The number of benzene rings is 3. The largest absolute Gasteiger partial charge is 0.493 e. The smallest absolute Gasteiger partial charge is 0.268 e. The predicted octanol–water partition coefficient (Wildman–Crippen LogP) is 5.98. The lowest BCUT2D eigenvalue weighted by Gasteiger charge is -2.13. The van der Waals surface area contributed by atoms with Crippen molar-refractivity contribution in [2.45, 2.75) is 18.4 Å². The number of halogens is 1. The molecule has 5 rings (SSSR count). The molecule has 8 heteroatoms. The van der Waals surface area contributed by atoms with Crippen LogP contribution in [0.4, 0.5) is 0 Å². The highest BCUT2D eigenvalue weighted by Gasteiger charge is 2.26. The highest BCUT2D eigenvalue weighted by molar-refractivity contribution is 7.90. The summed E-state index contributed by atoms with van der Waals surface area (Å²) in [5, 5.41) is 1.34. The number of methoxy groups -OCH3 is 1. The molecule has 5 aromatic rings. The van der Waals surface area contributed by atoms with E-state index in [9.17, 15) is 8.42 Å². The van der Waals surface area contributed by atoms with Gasteiger partial charge in [-0.2, -0.15) is 0 Å². The topological polar surface area (TPSA) is 70.4 Å². The second-order valence-electron chi connectivity index (χ2n) is 7.87. The standard InChI is InChI=1S/C26H21ClN2O4S/c1-17-8-10-19(11-9-17)34(30,31)29-21-12-13-28-26(27)25(21)20-14-23(32-2)24(15-22(20)29)33-16-18-6-4-3-5-7-18/h3-15H,16H2,1-2H3. The van der Waals surface area contributed by atoms with Gasteiger partial charge < -0.3 is 9.47 Å². The zero-order valence-electron chi connectivity index (χ0n) is 18.5. The molecule has 0 fully saturated rings. The number of aromatic nitrogens is 2. The number of fused-ring (bicyclic) bond motifs is 3. The average Bonchev–Trinajstić information content (AvgIpc) is 3.18. The van der Waals surface area contributed by atoms with Crippen LogP contribution in [0.5, 0.6) is 11.5 Å². The summed E-state index contributed by atoms with van der Waals surface area (Å²) in [7, 11) is -2.41. The Kier molecular flexibility index (Phi) is 5.67. The number of ether oxygens (including phenoxy) is 2. The van der Waals surface area contributed by atoms with Crippen LogP contribution in [0.15, 0.2) is 83.9 Å². The van der Waals surface area contributed by atoms with Crippen molar-refractivity contribution in [2.75, 3.05) is 7.11 Å². The average molecular weight is 493 g/mol. The van der Waals surface area contributed by atoms with E-state index in [0.717, 1.165) is 11.1 Å². The van der Waals surface area contributed by atoms with E-state index in [2.05, 4.69) is 4.98 Å². The molecule has 3 aromatic carbocycles. The van der Waals surface area contributed by atoms with Gasteiger partial charge in [-0.1, -0.05) is 59.6 Å². The van der Waals surface area contributed by atoms with Crippen molar-refractivity contribution in [2.24, 2.45) is 0 Å². The summed E-state index contributed by atoms with van der Waals surface area (Å²) in [5.41, 5.74) is 2.80. The summed E-state index contributed by atoms with van der Waals surface area (Å²) >= 11 is 6.45. The fourth-order valence-electron chi connectivity index (χ4n) is 3.97. The van der Waals surface area contributed by atoms with Crippen LogP contribution in [0, 0.1) is 6.92 Å². The molecule has 0 bridgehead atoms. The van der Waals surface area contributed by atoms with Crippen molar-refractivity contribution in [3.63, 3.8) is 0 Å². The first-order valence-electron chi connectivity index (χ1n) is 10.6. The molecule has 0 saturated carbocycles. The Labute approximate surface area is 202 Å². The first kappa shape index (κ1) is 22.3. The Balaban J connectivity index is 1.76. The van der Waals surface area contributed by atoms with E-state index in [4.69, 9.17) is 21.1 Å². The lowest BCUT2D eigenvalue weighted by atomic mass is 10.2. The Hall–Kier alpha value is -3.55. The number of rotatable bonds is 6. The molecule has 0 saturated heterocycles. The number of pyridine rings is 1. The van der Waals surface area contributed by atoms with Crippen LogP contribution in [-0.2, 0) is 16.6 Å². The van der Waals surface area contributed by atoms with Gasteiger partial charge in [-0.15, -0.1) is 0 Å². The van der Waals surface area contributed by atoms with Gasteiger partial charge in [0, 0.05) is 23.0 Å². The van der Waals surface area contributed by atoms with Crippen LogP contribution < -0.4 is 9.47 Å². The third-order valence-electron chi connectivity index (χ3n) is 5.67. The Bertz CT molecular complexity index is 1610. The molecule has 0 radical (unpaired) electrons. The van der Waals surface area contributed by atoms with Crippen LogP contribution in [0.25, 0.3) is 21.8 Å². The monoisotopic (exact) mass is 492 g/mol. The molecule has 34 heavy (non-hydrogen) atoms. The Morgan fingerprint density at radius 3 is 2.38 bits per heavy atom. The molecule has 0 unspecified atom stereocenters. The van der Waals surface area contributed by atoms with Gasteiger partial charge in [0.15, 0.2) is 11.5 Å². The van der Waals surface area contributed by atoms with E-state index in [1.807, 2.05) is 37.3 Å². The van der Waals surface area contributed by atoms with Crippen molar-refractivity contribution < 1.29 is 17.9 Å². The van der Waals surface area contributed by atoms with E-state index in [1.165, 1.54) is 10.2 Å². The molecule has 0 aliphatic rings.